The highest BCUT2D eigenvalue weighted by Gasteiger charge is 2.28. The minimum absolute atomic E-state index is 0.210. The molecule has 0 saturated heterocycles. The van der Waals surface area contributed by atoms with Crippen LogP contribution in [0, 0.1) is 0 Å². The molecule has 2 heterocycles. The highest BCUT2D eigenvalue weighted by Crippen LogP contribution is 2.39. The van der Waals surface area contributed by atoms with Crippen LogP contribution < -0.4 is 0 Å². The van der Waals surface area contributed by atoms with Gasteiger partial charge in [0.25, 0.3) is 0 Å². The fourth-order valence-corrected chi connectivity index (χ4v) is 3.85. The summed E-state index contributed by atoms with van der Waals surface area (Å²) in [4.78, 5) is 5.25. The molecule has 2 aromatic rings. The average Bonchev–Trinajstić information content (AvgIpc) is 2.85. The Balaban J connectivity index is 1.70. The maximum absolute atomic E-state index is 10.4. The molecule has 1 aliphatic rings. The summed E-state index contributed by atoms with van der Waals surface area (Å²) in [7, 11) is 0. The number of thioether (sulfide) groups is 1. The van der Waals surface area contributed by atoms with Crippen LogP contribution in [0.25, 0.3) is 0 Å². The van der Waals surface area contributed by atoms with Crippen molar-refractivity contribution in [3.63, 3.8) is 0 Å². The summed E-state index contributed by atoms with van der Waals surface area (Å²) in [5, 5.41) is 11.2. The third-order valence-electron chi connectivity index (χ3n) is 3.39. The van der Waals surface area contributed by atoms with E-state index in [0.29, 0.717) is 11.4 Å². The van der Waals surface area contributed by atoms with E-state index in [1.165, 1.54) is 10.5 Å². The summed E-state index contributed by atoms with van der Waals surface area (Å²) in [6.45, 7) is 0. The van der Waals surface area contributed by atoms with Crippen molar-refractivity contribution in [3.8, 4) is 0 Å². The lowest BCUT2D eigenvalue weighted by Gasteiger charge is -2.17. The van der Waals surface area contributed by atoms with Crippen molar-refractivity contribution in [2.45, 2.75) is 29.1 Å². The molecule has 2 unspecified atom stereocenters. The molecule has 19 heavy (non-hydrogen) atoms. The quantitative estimate of drug-likeness (QED) is 0.941. The minimum Gasteiger partial charge on any atom is -0.392 e. The van der Waals surface area contributed by atoms with Crippen LogP contribution in [-0.4, -0.2) is 21.4 Å². The fraction of sp³-hybridized carbons (Fsp3) is 0.267. The fourth-order valence-electron chi connectivity index (χ4n) is 2.35. The van der Waals surface area contributed by atoms with Crippen LogP contribution >= 0.6 is 23.4 Å². The molecular formula is C15H14ClNOS. The molecule has 2 nitrogen and oxygen atoms in total. The number of nitrogens with zero attached hydrogens (tertiary/aromatic N) is 1. The Kier molecular flexibility index (Phi) is 3.78. The number of fused-ring (bicyclic) bond motifs is 1. The molecule has 3 rings (SSSR count). The Bertz CT molecular complexity index is 565. The Hall–Kier alpha value is -1.03. The van der Waals surface area contributed by atoms with Crippen LogP contribution in [-0.2, 0) is 12.8 Å². The third-order valence-corrected chi connectivity index (χ3v) is 5.16. The molecule has 1 aromatic heterocycles. The summed E-state index contributed by atoms with van der Waals surface area (Å²) in [5.74, 6) is 0. The standard InChI is InChI=1S/C15H14ClNOS/c16-12-9-17-6-5-10(12)7-13(18)15-8-11-3-1-2-4-14(11)19-15/h1-6,9,13,15,18H,7-8H2. The number of hydrogen-bond acceptors (Lipinski definition) is 3. The predicted molar refractivity (Wildman–Crippen MR) is 78.7 cm³/mol. The molecule has 0 radical (unpaired) electrons. The molecule has 0 bridgehead atoms. The summed E-state index contributed by atoms with van der Waals surface area (Å²) in [5.41, 5.74) is 2.29. The van der Waals surface area contributed by atoms with Gasteiger partial charge in [-0.25, -0.2) is 0 Å². The van der Waals surface area contributed by atoms with Gasteiger partial charge >= 0.3 is 0 Å². The van der Waals surface area contributed by atoms with Gasteiger partial charge in [-0.2, -0.15) is 0 Å². The largest absolute Gasteiger partial charge is 0.392 e. The predicted octanol–water partition coefficient (Wildman–Crippen LogP) is 3.36. The molecule has 1 aliphatic heterocycles. The Morgan fingerprint density at radius 1 is 1.37 bits per heavy atom. The van der Waals surface area contributed by atoms with Crippen LogP contribution in [0.3, 0.4) is 0 Å². The molecule has 0 amide bonds. The molecule has 0 fully saturated rings. The number of rotatable bonds is 3. The van der Waals surface area contributed by atoms with E-state index in [9.17, 15) is 5.11 Å². The zero-order valence-corrected chi connectivity index (χ0v) is 11.9. The van der Waals surface area contributed by atoms with Gasteiger partial charge in [-0.3, -0.25) is 4.98 Å². The molecular weight excluding hydrogens is 278 g/mol. The van der Waals surface area contributed by atoms with E-state index in [2.05, 4.69) is 17.1 Å². The van der Waals surface area contributed by atoms with Crippen molar-refractivity contribution in [1.29, 1.82) is 0 Å². The van der Waals surface area contributed by atoms with E-state index < -0.39 is 6.10 Å². The van der Waals surface area contributed by atoms with E-state index >= 15 is 0 Å². The first-order valence-electron chi connectivity index (χ1n) is 6.25. The molecule has 1 N–H and O–H groups in total. The number of pyridine rings is 1. The Labute approximate surface area is 121 Å². The van der Waals surface area contributed by atoms with E-state index in [4.69, 9.17) is 11.6 Å². The lowest BCUT2D eigenvalue weighted by Crippen LogP contribution is -2.25. The molecule has 2 atom stereocenters. The summed E-state index contributed by atoms with van der Waals surface area (Å²) in [6, 6.07) is 10.2. The number of aliphatic hydroxyl groups excluding tert-OH is 1. The van der Waals surface area contributed by atoms with Crippen molar-refractivity contribution >= 4 is 23.4 Å². The maximum Gasteiger partial charge on any atom is 0.0706 e. The lowest BCUT2D eigenvalue weighted by molar-refractivity contribution is 0.172. The van der Waals surface area contributed by atoms with Gasteiger partial charge in [0.05, 0.1) is 11.1 Å². The van der Waals surface area contributed by atoms with Gasteiger partial charge in [-0.15, -0.1) is 11.8 Å². The van der Waals surface area contributed by atoms with Crippen LogP contribution in [0.4, 0.5) is 0 Å². The molecule has 1 aromatic carbocycles. The third kappa shape index (κ3) is 2.78. The van der Waals surface area contributed by atoms with Crippen LogP contribution in [0.5, 0.6) is 0 Å². The first-order chi connectivity index (χ1) is 9.24. The normalized spacial score (nSPS) is 19.2. The van der Waals surface area contributed by atoms with Gasteiger partial charge in [0, 0.05) is 29.0 Å². The first-order valence-corrected chi connectivity index (χ1v) is 7.51. The molecule has 4 heteroatoms. The second kappa shape index (κ2) is 5.53. The van der Waals surface area contributed by atoms with Crippen molar-refractivity contribution in [3.05, 3.63) is 58.9 Å². The van der Waals surface area contributed by atoms with Crippen molar-refractivity contribution in [2.75, 3.05) is 0 Å². The number of benzene rings is 1. The van der Waals surface area contributed by atoms with Crippen LogP contribution in [0.15, 0.2) is 47.6 Å². The summed E-state index contributed by atoms with van der Waals surface area (Å²) in [6.07, 6.45) is 4.44. The van der Waals surface area contributed by atoms with Gasteiger partial charge in [0.15, 0.2) is 0 Å². The molecule has 98 valence electrons. The van der Waals surface area contributed by atoms with E-state index in [1.54, 1.807) is 24.2 Å². The Morgan fingerprint density at radius 3 is 3.00 bits per heavy atom. The smallest absolute Gasteiger partial charge is 0.0706 e. The monoisotopic (exact) mass is 291 g/mol. The van der Waals surface area contributed by atoms with Gasteiger partial charge in [0.2, 0.25) is 0 Å². The van der Waals surface area contributed by atoms with Crippen molar-refractivity contribution in [1.82, 2.24) is 4.98 Å². The molecule has 0 aliphatic carbocycles. The van der Waals surface area contributed by atoms with E-state index in [1.807, 2.05) is 18.2 Å². The van der Waals surface area contributed by atoms with Crippen molar-refractivity contribution < 1.29 is 5.11 Å². The first kappa shape index (κ1) is 13.0. The highest BCUT2D eigenvalue weighted by molar-refractivity contribution is 8.00. The average molecular weight is 292 g/mol. The number of halogens is 1. The SMILES string of the molecule is OC(Cc1ccncc1Cl)C1Cc2ccccc2S1. The van der Waals surface area contributed by atoms with Crippen LogP contribution in [0.2, 0.25) is 5.02 Å². The second-order valence-corrected chi connectivity index (χ2v) is 6.39. The summed E-state index contributed by atoms with van der Waals surface area (Å²) < 4.78 is 0. The van der Waals surface area contributed by atoms with Gasteiger partial charge in [-0.05, 0) is 29.7 Å². The second-order valence-electron chi connectivity index (χ2n) is 4.71. The zero-order chi connectivity index (χ0) is 13.2. The lowest BCUT2D eigenvalue weighted by atomic mass is 10.0. The zero-order valence-electron chi connectivity index (χ0n) is 10.3. The van der Waals surface area contributed by atoms with E-state index in [0.717, 1.165) is 12.0 Å². The summed E-state index contributed by atoms with van der Waals surface area (Å²) >= 11 is 7.84. The van der Waals surface area contributed by atoms with Gasteiger partial charge in [0.1, 0.15) is 0 Å². The highest BCUT2D eigenvalue weighted by atomic mass is 35.5. The molecule has 0 saturated carbocycles. The number of aliphatic hydroxyl groups is 1. The van der Waals surface area contributed by atoms with Gasteiger partial charge < -0.3 is 5.11 Å². The topological polar surface area (TPSA) is 33.1 Å². The molecule has 0 spiro atoms. The maximum atomic E-state index is 10.4. The number of aromatic nitrogens is 1. The van der Waals surface area contributed by atoms with Crippen molar-refractivity contribution in [2.24, 2.45) is 0 Å². The minimum atomic E-state index is -0.391. The Morgan fingerprint density at radius 2 is 2.21 bits per heavy atom. The van der Waals surface area contributed by atoms with Gasteiger partial charge in [-0.1, -0.05) is 29.8 Å². The van der Waals surface area contributed by atoms with E-state index in [-0.39, 0.29) is 5.25 Å². The number of hydrogen-bond donors (Lipinski definition) is 1. The van der Waals surface area contributed by atoms with Crippen LogP contribution in [0.1, 0.15) is 11.1 Å².